The van der Waals surface area contributed by atoms with E-state index in [1.54, 1.807) is 0 Å². The van der Waals surface area contributed by atoms with E-state index in [1.807, 2.05) is 0 Å². The molecular formula is C54H20F36N2. The van der Waals surface area contributed by atoms with Crippen LogP contribution in [0.5, 0.6) is 0 Å². The molecule has 0 unspecified atom stereocenters. The van der Waals surface area contributed by atoms with Crippen LogP contribution >= 0.6 is 0 Å². The first kappa shape index (κ1) is 71.1. The lowest BCUT2D eigenvalue weighted by atomic mass is 9.81. The Morgan fingerprint density at radius 3 is 0.435 bits per heavy atom. The van der Waals surface area contributed by atoms with Crippen LogP contribution in [0.3, 0.4) is 0 Å². The Labute approximate surface area is 485 Å². The highest BCUT2D eigenvalue weighted by molar-refractivity contribution is 5.91. The van der Waals surface area contributed by atoms with Gasteiger partial charge in [-0.05, 0) is 164 Å². The van der Waals surface area contributed by atoms with E-state index in [4.69, 9.17) is 11.5 Å². The molecule has 0 radical (unpaired) electrons. The summed E-state index contributed by atoms with van der Waals surface area (Å²) in [6, 6.07) is -13.0. The van der Waals surface area contributed by atoms with E-state index in [0.717, 1.165) is 0 Å². The van der Waals surface area contributed by atoms with Gasteiger partial charge in [0.2, 0.25) is 0 Å². The van der Waals surface area contributed by atoms with E-state index in [9.17, 15) is 52.7 Å². The average Bonchev–Trinajstić information content (AvgIpc) is 0.731. The van der Waals surface area contributed by atoms with Crippen LogP contribution in [0.2, 0.25) is 0 Å². The van der Waals surface area contributed by atoms with Crippen LogP contribution in [0, 0.1) is 0 Å². The smallest absolute Gasteiger partial charge is 0.399 e. The van der Waals surface area contributed by atoms with Crippen molar-refractivity contribution in [2.75, 3.05) is 11.5 Å². The molecule has 7 rings (SSSR count). The van der Waals surface area contributed by atoms with Gasteiger partial charge in [-0.3, -0.25) is 0 Å². The molecule has 7 aromatic carbocycles. The molecule has 0 spiro atoms. The van der Waals surface area contributed by atoms with Gasteiger partial charge in [0.25, 0.3) is 0 Å². The largest absolute Gasteiger partial charge is 0.417 e. The van der Waals surface area contributed by atoms with Crippen LogP contribution in [-0.4, -0.2) is 0 Å². The Morgan fingerprint density at radius 2 is 0.293 bits per heavy atom. The molecule has 0 atom stereocenters. The Balaban J connectivity index is 1.78. The first-order chi connectivity index (χ1) is 41.0. The van der Waals surface area contributed by atoms with Gasteiger partial charge in [-0.1, -0.05) is 0 Å². The van der Waals surface area contributed by atoms with Crippen LogP contribution in [0.15, 0.2) is 97.1 Å². The number of alkyl halides is 36. The lowest BCUT2D eigenvalue weighted by Crippen LogP contribution is -2.19. The summed E-state index contributed by atoms with van der Waals surface area (Å²) in [5.41, 5.74) is -58.3. The highest BCUT2D eigenvalue weighted by Crippen LogP contribution is 2.57. The monoisotopic (exact) mass is 1380 g/mol. The predicted octanol–water partition coefficient (Wildman–Crippen LogP) is 23.1. The molecule has 0 fully saturated rings. The standard InChI is InChI=1S/C54H20F36N2/c55-43(56,57)19-1-17(3-21(91)5-19)23-7-25(35(47(67,68)69)12-33(23)45(61,62)63)27-9-29(39(51(79,80)81)14-37(27)49(73,74)75)31-11-32(42(54(88,89)90)16-41(31)53(85,86)87)30-10-28(38(50(76,77)78)15-40(30)52(82,83)84)26-8-24(18-2-20(44(58,59)60)6-22(92)4-18)34(46(64,65)66)13-36(26)48(70,71)72/h1-16H,91-92H2. The number of hydrogen-bond donors (Lipinski definition) is 2. The molecule has 0 aliphatic carbocycles. The summed E-state index contributed by atoms with van der Waals surface area (Å²) in [5.74, 6) is 0. The van der Waals surface area contributed by atoms with Gasteiger partial charge in [-0.2, -0.15) is 158 Å². The molecule has 0 aliphatic rings. The third kappa shape index (κ3) is 14.4. The van der Waals surface area contributed by atoms with Crippen molar-refractivity contribution in [3.63, 3.8) is 0 Å². The van der Waals surface area contributed by atoms with Crippen molar-refractivity contribution < 1.29 is 158 Å². The lowest BCUT2D eigenvalue weighted by Gasteiger charge is -2.27. The van der Waals surface area contributed by atoms with Crippen molar-refractivity contribution in [1.29, 1.82) is 0 Å². The molecule has 0 bridgehead atoms. The molecular weight excluding hydrogens is 1360 g/mol. The summed E-state index contributed by atoms with van der Waals surface area (Å²) in [6.45, 7) is 0. The zero-order valence-corrected chi connectivity index (χ0v) is 43.0. The first-order valence-electron chi connectivity index (χ1n) is 23.6. The van der Waals surface area contributed by atoms with Crippen molar-refractivity contribution in [1.82, 2.24) is 0 Å². The molecule has 0 amide bonds. The van der Waals surface area contributed by atoms with E-state index in [1.165, 1.54) is 0 Å². The highest BCUT2D eigenvalue weighted by Gasteiger charge is 2.51. The molecule has 498 valence electrons. The number of benzene rings is 7. The molecule has 7 aromatic rings. The molecule has 0 heterocycles. The van der Waals surface area contributed by atoms with Crippen molar-refractivity contribution >= 4 is 11.4 Å². The Bertz CT molecular complexity index is 3770. The third-order valence-corrected chi connectivity index (χ3v) is 13.2. The van der Waals surface area contributed by atoms with Crippen molar-refractivity contribution in [3.8, 4) is 66.8 Å². The van der Waals surface area contributed by atoms with E-state index in [-0.39, 0.29) is 36.4 Å². The number of rotatable bonds is 6. The summed E-state index contributed by atoms with van der Waals surface area (Å²) < 4.78 is 536. The summed E-state index contributed by atoms with van der Waals surface area (Å²) in [4.78, 5) is 0. The fourth-order valence-electron chi connectivity index (χ4n) is 9.55. The minimum Gasteiger partial charge on any atom is -0.399 e. The average molecular weight is 1380 g/mol. The van der Waals surface area contributed by atoms with E-state index in [2.05, 4.69) is 0 Å². The predicted molar refractivity (Wildman–Crippen MR) is 248 cm³/mol. The van der Waals surface area contributed by atoms with Crippen LogP contribution in [0.1, 0.15) is 66.8 Å². The number of nitrogens with two attached hydrogens (primary N) is 2. The van der Waals surface area contributed by atoms with Gasteiger partial charge in [-0.25, -0.2) is 0 Å². The third-order valence-electron chi connectivity index (χ3n) is 13.2. The van der Waals surface area contributed by atoms with Gasteiger partial charge in [0.05, 0.1) is 66.8 Å². The van der Waals surface area contributed by atoms with Crippen LogP contribution < -0.4 is 11.5 Å². The maximum Gasteiger partial charge on any atom is 0.417 e. The minimum absolute atomic E-state index is 0.0584. The van der Waals surface area contributed by atoms with Crippen molar-refractivity contribution in [2.24, 2.45) is 0 Å². The molecule has 4 N–H and O–H groups in total. The summed E-state index contributed by atoms with van der Waals surface area (Å²) in [7, 11) is 0. The Morgan fingerprint density at radius 1 is 0.152 bits per heavy atom. The number of halogens is 36. The summed E-state index contributed by atoms with van der Waals surface area (Å²) in [6.07, 6.45) is -78.1. The summed E-state index contributed by atoms with van der Waals surface area (Å²) in [5, 5.41) is 0. The van der Waals surface area contributed by atoms with Gasteiger partial charge in [-0.15, -0.1) is 0 Å². The van der Waals surface area contributed by atoms with E-state index >= 15 is 105 Å². The summed E-state index contributed by atoms with van der Waals surface area (Å²) >= 11 is 0. The topological polar surface area (TPSA) is 52.0 Å². The van der Waals surface area contributed by atoms with Crippen LogP contribution in [-0.2, 0) is 74.1 Å². The number of nitrogen functional groups attached to an aromatic ring is 2. The minimum atomic E-state index is -6.87. The maximum atomic E-state index is 15.3. The molecule has 0 aromatic heterocycles. The second kappa shape index (κ2) is 22.2. The fraction of sp³-hybridized carbons (Fsp3) is 0.222. The maximum absolute atomic E-state index is 15.3. The fourth-order valence-corrected chi connectivity index (χ4v) is 9.55. The van der Waals surface area contributed by atoms with Crippen molar-refractivity contribution in [3.05, 3.63) is 164 Å². The number of hydrogen-bond acceptors (Lipinski definition) is 2. The lowest BCUT2D eigenvalue weighted by molar-refractivity contribution is -0.145. The van der Waals surface area contributed by atoms with E-state index in [0.29, 0.717) is 0 Å². The van der Waals surface area contributed by atoms with Gasteiger partial charge in [0.15, 0.2) is 0 Å². The van der Waals surface area contributed by atoms with Gasteiger partial charge in [0, 0.05) is 11.4 Å². The molecule has 0 saturated carbocycles. The van der Waals surface area contributed by atoms with Gasteiger partial charge in [0.1, 0.15) is 0 Å². The van der Waals surface area contributed by atoms with Crippen LogP contribution in [0.25, 0.3) is 66.8 Å². The molecule has 38 heteroatoms. The van der Waals surface area contributed by atoms with E-state index < -0.39 is 280 Å². The second-order valence-electron chi connectivity index (χ2n) is 19.4. The SMILES string of the molecule is Nc1cc(-c2cc(-c3cc(-c4cc(-c5cc(-c6cc(-c7cc(N)cc(C(F)(F)F)c7)c(C(F)(F)F)cc6C(F)(F)F)c(C(F)(F)F)cc5C(F)(F)F)c(C(F)(F)F)cc4C(F)(F)F)c(C(F)(F)F)cc3C(F)(F)F)c(C(F)(F)F)cc2C(F)(F)F)cc(C(F)(F)F)c1. The van der Waals surface area contributed by atoms with Crippen molar-refractivity contribution in [2.45, 2.75) is 74.1 Å². The van der Waals surface area contributed by atoms with Crippen LogP contribution in [0.4, 0.5) is 169 Å². The zero-order valence-electron chi connectivity index (χ0n) is 43.0. The Kier molecular flexibility index (Phi) is 17.1. The Hall–Kier alpha value is -8.38. The highest BCUT2D eigenvalue weighted by atomic mass is 19.5. The molecule has 0 aliphatic heterocycles. The zero-order chi connectivity index (χ0) is 70.3. The second-order valence-corrected chi connectivity index (χ2v) is 19.4. The molecule has 92 heavy (non-hydrogen) atoms. The van der Waals surface area contributed by atoms with Gasteiger partial charge >= 0.3 is 74.1 Å². The quantitative estimate of drug-likeness (QED) is 0.129. The molecule has 2 nitrogen and oxygen atoms in total. The number of anilines is 2. The first-order valence-corrected chi connectivity index (χ1v) is 23.6. The normalized spacial score (nSPS) is 14.0. The van der Waals surface area contributed by atoms with Gasteiger partial charge < -0.3 is 11.5 Å². The molecule has 0 saturated heterocycles.